The van der Waals surface area contributed by atoms with Gasteiger partial charge in [0.05, 0.1) is 12.1 Å². The van der Waals surface area contributed by atoms with Gasteiger partial charge in [-0.15, -0.1) is 21.8 Å². The number of nitrogens with zero attached hydrogens (tertiary/aromatic N) is 4. The molecular weight excluding hydrogens is 212 g/mol. The van der Waals surface area contributed by atoms with Crippen LogP contribution in [0.5, 0.6) is 0 Å². The minimum atomic E-state index is 0.312. The molecule has 0 amide bonds. The van der Waals surface area contributed by atoms with E-state index in [1.165, 1.54) is 0 Å². The van der Waals surface area contributed by atoms with Crippen molar-refractivity contribution in [3.8, 4) is 0 Å². The van der Waals surface area contributed by atoms with E-state index < -0.39 is 0 Å². The van der Waals surface area contributed by atoms with Crippen molar-refractivity contribution in [3.63, 3.8) is 0 Å². The summed E-state index contributed by atoms with van der Waals surface area (Å²) in [4.78, 5) is 0. The third-order valence-electron chi connectivity index (χ3n) is 2.34. The molecule has 0 aliphatic heterocycles. The molecule has 4 nitrogen and oxygen atoms in total. The Bertz CT molecular complexity index is 631. The van der Waals surface area contributed by atoms with E-state index in [0.717, 1.165) is 16.4 Å². The molecule has 1 aromatic carbocycles. The average molecular weight is 219 g/mol. The van der Waals surface area contributed by atoms with Crippen molar-refractivity contribution >= 4 is 28.0 Å². The first-order chi connectivity index (χ1) is 7.40. The molecule has 0 aliphatic carbocycles. The molecule has 0 bridgehead atoms. The van der Waals surface area contributed by atoms with Gasteiger partial charge in [-0.1, -0.05) is 24.3 Å². The predicted molar refractivity (Wildman–Crippen MR) is 57.8 cm³/mol. The van der Waals surface area contributed by atoms with Gasteiger partial charge in [-0.25, -0.2) is 0 Å². The van der Waals surface area contributed by atoms with Crippen LogP contribution in [0.4, 0.5) is 0 Å². The third kappa shape index (κ3) is 1.18. The molecule has 15 heavy (non-hydrogen) atoms. The molecule has 0 aliphatic rings. The van der Waals surface area contributed by atoms with Crippen LogP contribution in [0.1, 0.15) is 5.82 Å². The Kier molecular flexibility index (Phi) is 1.82. The van der Waals surface area contributed by atoms with Crippen molar-refractivity contribution in [1.82, 2.24) is 19.8 Å². The van der Waals surface area contributed by atoms with Crippen molar-refractivity contribution in [2.75, 3.05) is 0 Å². The van der Waals surface area contributed by atoms with Crippen LogP contribution in [0.25, 0.3) is 16.4 Å². The first kappa shape index (κ1) is 8.61. The minimum Gasteiger partial charge on any atom is -0.195 e. The van der Waals surface area contributed by atoms with E-state index in [2.05, 4.69) is 15.3 Å². The maximum atomic E-state index is 5.74. The van der Waals surface area contributed by atoms with Gasteiger partial charge in [0.25, 0.3) is 0 Å². The van der Waals surface area contributed by atoms with Crippen molar-refractivity contribution in [1.29, 1.82) is 0 Å². The zero-order valence-electron chi connectivity index (χ0n) is 7.76. The molecule has 0 N–H and O–H groups in total. The number of benzene rings is 1. The topological polar surface area (TPSA) is 43.1 Å². The molecule has 3 rings (SSSR count). The SMILES string of the molecule is ClCc1nnc2c3ccccc3cnn12. The summed E-state index contributed by atoms with van der Waals surface area (Å²) in [6, 6.07) is 7.94. The summed E-state index contributed by atoms with van der Waals surface area (Å²) in [5.41, 5.74) is 0.753. The fourth-order valence-electron chi connectivity index (χ4n) is 1.62. The Morgan fingerprint density at radius 3 is 2.93 bits per heavy atom. The molecule has 2 heterocycles. The second-order valence-corrected chi connectivity index (χ2v) is 3.48. The minimum absolute atomic E-state index is 0.312. The van der Waals surface area contributed by atoms with E-state index in [0.29, 0.717) is 11.7 Å². The molecule has 0 saturated carbocycles. The van der Waals surface area contributed by atoms with E-state index in [-0.39, 0.29) is 0 Å². The van der Waals surface area contributed by atoms with Gasteiger partial charge in [-0.05, 0) is 0 Å². The Morgan fingerprint density at radius 2 is 2.07 bits per heavy atom. The highest BCUT2D eigenvalue weighted by Gasteiger charge is 2.07. The zero-order valence-corrected chi connectivity index (χ0v) is 8.52. The third-order valence-corrected chi connectivity index (χ3v) is 2.58. The standard InChI is InChI=1S/C10H7ClN4/c11-5-9-13-14-10-8-4-2-1-3-7(8)6-12-15(9)10/h1-4,6H,5H2. The molecule has 0 atom stereocenters. The predicted octanol–water partition coefficient (Wildman–Crippen LogP) is 2.02. The summed E-state index contributed by atoms with van der Waals surface area (Å²) in [5, 5.41) is 14.4. The quantitative estimate of drug-likeness (QED) is 0.587. The number of hydrogen-bond acceptors (Lipinski definition) is 3. The molecule has 0 unspecified atom stereocenters. The van der Waals surface area contributed by atoms with Gasteiger partial charge in [0, 0.05) is 10.8 Å². The Hall–Kier alpha value is -1.68. The zero-order chi connectivity index (χ0) is 10.3. The van der Waals surface area contributed by atoms with Crippen LogP contribution in [-0.2, 0) is 5.88 Å². The van der Waals surface area contributed by atoms with Gasteiger partial charge in [0.15, 0.2) is 11.5 Å². The number of hydrogen-bond donors (Lipinski definition) is 0. The van der Waals surface area contributed by atoms with Gasteiger partial charge >= 0.3 is 0 Å². The van der Waals surface area contributed by atoms with Crippen LogP contribution in [0.15, 0.2) is 30.5 Å². The molecular formula is C10H7ClN4. The first-order valence-corrected chi connectivity index (χ1v) is 5.07. The second kappa shape index (κ2) is 3.17. The van der Waals surface area contributed by atoms with Gasteiger partial charge < -0.3 is 0 Å². The van der Waals surface area contributed by atoms with Crippen LogP contribution < -0.4 is 0 Å². The molecule has 3 aromatic rings. The van der Waals surface area contributed by atoms with Crippen LogP contribution in [0.2, 0.25) is 0 Å². The summed E-state index contributed by atoms with van der Waals surface area (Å²) in [6.07, 6.45) is 1.79. The molecule has 2 aromatic heterocycles. The second-order valence-electron chi connectivity index (χ2n) is 3.22. The van der Waals surface area contributed by atoms with Crippen LogP contribution in [-0.4, -0.2) is 19.8 Å². The molecule has 0 saturated heterocycles. The molecule has 0 spiro atoms. The van der Waals surface area contributed by atoms with Crippen molar-refractivity contribution < 1.29 is 0 Å². The van der Waals surface area contributed by atoms with Crippen molar-refractivity contribution in [2.45, 2.75) is 5.88 Å². The number of alkyl halides is 1. The number of rotatable bonds is 1. The number of fused-ring (bicyclic) bond motifs is 3. The lowest BCUT2D eigenvalue weighted by molar-refractivity contribution is 0.870. The Morgan fingerprint density at radius 1 is 1.20 bits per heavy atom. The molecule has 0 radical (unpaired) electrons. The lowest BCUT2D eigenvalue weighted by atomic mass is 10.2. The van der Waals surface area contributed by atoms with Crippen molar-refractivity contribution in [2.24, 2.45) is 0 Å². The summed E-state index contributed by atoms with van der Waals surface area (Å²) >= 11 is 5.74. The maximum absolute atomic E-state index is 5.74. The van der Waals surface area contributed by atoms with Gasteiger partial charge in [-0.3, -0.25) is 0 Å². The largest absolute Gasteiger partial charge is 0.195 e. The summed E-state index contributed by atoms with van der Waals surface area (Å²) in [7, 11) is 0. The summed E-state index contributed by atoms with van der Waals surface area (Å²) < 4.78 is 1.68. The van der Waals surface area contributed by atoms with E-state index in [4.69, 9.17) is 11.6 Å². The molecule has 5 heteroatoms. The highest BCUT2D eigenvalue weighted by Crippen LogP contribution is 2.17. The fraction of sp³-hybridized carbons (Fsp3) is 0.100. The van der Waals surface area contributed by atoms with E-state index >= 15 is 0 Å². The maximum Gasteiger partial charge on any atom is 0.185 e. The summed E-state index contributed by atoms with van der Waals surface area (Å²) in [6.45, 7) is 0. The monoisotopic (exact) mass is 218 g/mol. The first-order valence-electron chi connectivity index (χ1n) is 4.54. The summed E-state index contributed by atoms with van der Waals surface area (Å²) in [5.74, 6) is 0.976. The van der Waals surface area contributed by atoms with Crippen LogP contribution >= 0.6 is 11.6 Å². The Balaban J connectivity index is 2.50. The van der Waals surface area contributed by atoms with Gasteiger partial charge in [-0.2, -0.15) is 9.61 Å². The van der Waals surface area contributed by atoms with E-state index in [1.807, 2.05) is 24.3 Å². The van der Waals surface area contributed by atoms with E-state index in [1.54, 1.807) is 10.7 Å². The van der Waals surface area contributed by atoms with Crippen molar-refractivity contribution in [3.05, 3.63) is 36.3 Å². The smallest absolute Gasteiger partial charge is 0.185 e. The fourth-order valence-corrected chi connectivity index (χ4v) is 1.78. The molecule has 74 valence electrons. The highest BCUT2D eigenvalue weighted by molar-refractivity contribution is 6.16. The van der Waals surface area contributed by atoms with Gasteiger partial charge in [0.2, 0.25) is 0 Å². The molecule has 0 fully saturated rings. The van der Waals surface area contributed by atoms with Crippen LogP contribution in [0, 0.1) is 0 Å². The lowest BCUT2D eigenvalue weighted by Crippen LogP contribution is -1.96. The normalized spacial score (nSPS) is 11.3. The number of halogens is 1. The van der Waals surface area contributed by atoms with Crippen LogP contribution in [0.3, 0.4) is 0 Å². The van der Waals surface area contributed by atoms with Gasteiger partial charge in [0.1, 0.15) is 0 Å². The number of aromatic nitrogens is 4. The lowest BCUT2D eigenvalue weighted by Gasteiger charge is -1.98. The van der Waals surface area contributed by atoms with E-state index in [9.17, 15) is 0 Å². The average Bonchev–Trinajstić information content (AvgIpc) is 2.72. The Labute approximate surface area is 90.5 Å². The highest BCUT2D eigenvalue weighted by atomic mass is 35.5.